The van der Waals surface area contributed by atoms with Crippen molar-refractivity contribution in [1.82, 2.24) is 0 Å². The Kier molecular flexibility index (Phi) is 6.69. The molecule has 0 aliphatic rings. The van der Waals surface area contributed by atoms with Gasteiger partial charge in [-0.25, -0.2) is 9.59 Å². The van der Waals surface area contributed by atoms with Gasteiger partial charge in [-0.3, -0.25) is 0 Å². The van der Waals surface area contributed by atoms with Crippen LogP contribution in [0.4, 0.5) is 0 Å². The molecule has 0 aliphatic heterocycles. The van der Waals surface area contributed by atoms with Crippen molar-refractivity contribution < 1.29 is 28.9 Å². The van der Waals surface area contributed by atoms with Gasteiger partial charge in [0.05, 0.1) is 0 Å². The second-order valence-electron chi connectivity index (χ2n) is 4.01. The van der Waals surface area contributed by atoms with Gasteiger partial charge in [0.1, 0.15) is 0 Å². The first-order chi connectivity index (χ1) is 9.60. The van der Waals surface area contributed by atoms with Crippen LogP contribution in [0, 0.1) is 0 Å². The minimum absolute atomic E-state index is 0.440. The van der Waals surface area contributed by atoms with Crippen molar-refractivity contribution in [2.45, 2.75) is 25.6 Å². The van der Waals surface area contributed by atoms with Crippen molar-refractivity contribution in [2.24, 2.45) is 0 Å². The van der Waals surface area contributed by atoms with Crippen molar-refractivity contribution in [1.29, 1.82) is 0 Å². The molecule has 0 bridgehead atoms. The standard InChI is InChI=1S/C14H18O6/c1-3-11(18-2)14(17)20-9-19-12(13(15)16)10-7-5-4-6-8-10/h4-8,11-12H,3,9H2,1-2H3,(H,15,16)/t11-,12-/m0/s1. The monoisotopic (exact) mass is 282 g/mol. The molecule has 2 atom stereocenters. The van der Waals surface area contributed by atoms with Crippen LogP contribution in [0.25, 0.3) is 0 Å². The van der Waals surface area contributed by atoms with E-state index in [1.54, 1.807) is 37.3 Å². The van der Waals surface area contributed by atoms with Crippen molar-refractivity contribution in [3.63, 3.8) is 0 Å². The molecule has 0 saturated carbocycles. The van der Waals surface area contributed by atoms with Gasteiger partial charge in [-0.15, -0.1) is 0 Å². The van der Waals surface area contributed by atoms with Gasteiger partial charge in [0.2, 0.25) is 0 Å². The predicted octanol–water partition coefficient (Wildman–Crippen LogP) is 1.75. The van der Waals surface area contributed by atoms with E-state index in [0.717, 1.165) is 0 Å². The second kappa shape index (κ2) is 8.29. The fraction of sp³-hybridized carbons (Fsp3) is 0.429. The third-order valence-corrected chi connectivity index (χ3v) is 2.68. The molecule has 110 valence electrons. The summed E-state index contributed by atoms with van der Waals surface area (Å²) in [5.41, 5.74) is 0.481. The lowest BCUT2D eigenvalue weighted by Crippen LogP contribution is -2.26. The molecule has 6 nitrogen and oxygen atoms in total. The lowest BCUT2D eigenvalue weighted by atomic mass is 10.1. The minimum atomic E-state index is -1.17. The molecule has 1 rings (SSSR count). The zero-order chi connectivity index (χ0) is 15.0. The molecule has 0 fully saturated rings. The Morgan fingerprint density at radius 1 is 1.25 bits per heavy atom. The Morgan fingerprint density at radius 3 is 2.40 bits per heavy atom. The highest BCUT2D eigenvalue weighted by Crippen LogP contribution is 2.17. The summed E-state index contributed by atoms with van der Waals surface area (Å²) in [6, 6.07) is 8.44. The quantitative estimate of drug-likeness (QED) is 0.578. The summed E-state index contributed by atoms with van der Waals surface area (Å²) in [6.07, 6.45) is -1.37. The smallest absolute Gasteiger partial charge is 0.337 e. The summed E-state index contributed by atoms with van der Waals surface area (Å²) >= 11 is 0. The number of benzene rings is 1. The number of carbonyl (C=O) groups excluding carboxylic acids is 1. The molecule has 0 spiro atoms. The van der Waals surface area contributed by atoms with Crippen LogP contribution in [-0.2, 0) is 23.8 Å². The van der Waals surface area contributed by atoms with Crippen LogP contribution in [0.1, 0.15) is 25.0 Å². The number of methoxy groups -OCH3 is 1. The maximum atomic E-state index is 11.5. The van der Waals surface area contributed by atoms with Gasteiger partial charge >= 0.3 is 11.9 Å². The Balaban J connectivity index is 2.53. The van der Waals surface area contributed by atoms with Gasteiger partial charge in [0.15, 0.2) is 19.0 Å². The van der Waals surface area contributed by atoms with E-state index in [1.165, 1.54) is 7.11 Å². The Hall–Kier alpha value is -1.92. The molecule has 0 unspecified atom stereocenters. The number of carboxylic acid groups (broad SMARTS) is 1. The summed E-state index contributed by atoms with van der Waals surface area (Å²) in [6.45, 7) is 1.34. The van der Waals surface area contributed by atoms with Gasteiger partial charge in [0, 0.05) is 7.11 Å². The number of aliphatic carboxylic acids is 1. The Morgan fingerprint density at radius 2 is 1.90 bits per heavy atom. The zero-order valence-corrected chi connectivity index (χ0v) is 11.4. The molecule has 1 aromatic carbocycles. The lowest BCUT2D eigenvalue weighted by molar-refractivity contribution is -0.180. The molecule has 0 saturated heterocycles. The van der Waals surface area contributed by atoms with Gasteiger partial charge in [0.25, 0.3) is 0 Å². The number of rotatable bonds is 8. The van der Waals surface area contributed by atoms with Crippen LogP contribution in [0.5, 0.6) is 0 Å². The normalized spacial score (nSPS) is 13.5. The lowest BCUT2D eigenvalue weighted by Gasteiger charge is -2.16. The molecule has 20 heavy (non-hydrogen) atoms. The average Bonchev–Trinajstić information content (AvgIpc) is 2.45. The topological polar surface area (TPSA) is 82.1 Å². The fourth-order valence-corrected chi connectivity index (χ4v) is 1.62. The molecule has 0 aromatic heterocycles. The van der Waals surface area contributed by atoms with E-state index < -0.39 is 30.9 Å². The number of carbonyl (C=O) groups is 2. The maximum Gasteiger partial charge on any atom is 0.337 e. The fourth-order valence-electron chi connectivity index (χ4n) is 1.62. The van der Waals surface area contributed by atoms with E-state index in [0.29, 0.717) is 12.0 Å². The largest absolute Gasteiger partial charge is 0.479 e. The molecule has 6 heteroatoms. The first-order valence-electron chi connectivity index (χ1n) is 6.19. The van der Waals surface area contributed by atoms with Gasteiger partial charge in [-0.1, -0.05) is 37.3 Å². The van der Waals surface area contributed by atoms with Crippen molar-refractivity contribution >= 4 is 11.9 Å². The third kappa shape index (κ3) is 4.64. The molecule has 0 radical (unpaired) electrons. The first-order valence-corrected chi connectivity index (χ1v) is 6.19. The molecule has 0 heterocycles. The molecule has 1 aromatic rings. The van der Waals surface area contributed by atoms with Crippen molar-refractivity contribution in [3.8, 4) is 0 Å². The van der Waals surface area contributed by atoms with Crippen LogP contribution < -0.4 is 0 Å². The van der Waals surface area contributed by atoms with Gasteiger partial charge in [-0.2, -0.15) is 0 Å². The van der Waals surface area contributed by atoms with Crippen LogP contribution in [0.3, 0.4) is 0 Å². The summed E-state index contributed by atoms with van der Waals surface area (Å²) < 4.78 is 14.8. The zero-order valence-electron chi connectivity index (χ0n) is 11.4. The molecule has 1 N–H and O–H groups in total. The maximum absolute atomic E-state index is 11.5. The SMILES string of the molecule is CC[C@H](OC)C(=O)OCO[C@H](C(=O)O)c1ccccc1. The van der Waals surface area contributed by atoms with Crippen molar-refractivity contribution in [2.75, 3.05) is 13.9 Å². The average molecular weight is 282 g/mol. The van der Waals surface area contributed by atoms with E-state index in [1.807, 2.05) is 0 Å². The van der Waals surface area contributed by atoms with Crippen LogP contribution in [0.2, 0.25) is 0 Å². The van der Waals surface area contributed by atoms with Crippen LogP contribution in [0.15, 0.2) is 30.3 Å². The minimum Gasteiger partial charge on any atom is -0.479 e. The van der Waals surface area contributed by atoms with Crippen LogP contribution >= 0.6 is 0 Å². The second-order valence-corrected chi connectivity index (χ2v) is 4.01. The first kappa shape index (κ1) is 16.1. The van der Waals surface area contributed by atoms with E-state index in [9.17, 15) is 9.59 Å². The van der Waals surface area contributed by atoms with E-state index >= 15 is 0 Å². The van der Waals surface area contributed by atoms with Gasteiger partial charge < -0.3 is 19.3 Å². The van der Waals surface area contributed by atoms with E-state index in [4.69, 9.17) is 19.3 Å². The van der Waals surface area contributed by atoms with Gasteiger partial charge in [-0.05, 0) is 12.0 Å². The highest BCUT2D eigenvalue weighted by molar-refractivity contribution is 5.75. The van der Waals surface area contributed by atoms with Crippen molar-refractivity contribution in [3.05, 3.63) is 35.9 Å². The molecular weight excluding hydrogens is 264 g/mol. The highest BCUT2D eigenvalue weighted by atomic mass is 16.7. The molecule has 0 amide bonds. The number of ether oxygens (including phenoxy) is 3. The molecule has 0 aliphatic carbocycles. The summed E-state index contributed by atoms with van der Waals surface area (Å²) in [4.78, 5) is 22.7. The third-order valence-electron chi connectivity index (χ3n) is 2.68. The Bertz CT molecular complexity index is 427. The highest BCUT2D eigenvalue weighted by Gasteiger charge is 2.22. The van der Waals surface area contributed by atoms with E-state index in [-0.39, 0.29) is 0 Å². The number of carboxylic acids is 1. The Labute approximate surface area is 117 Å². The van der Waals surface area contributed by atoms with E-state index in [2.05, 4.69) is 0 Å². The number of esters is 1. The summed E-state index contributed by atoms with van der Waals surface area (Å²) in [5.74, 6) is -1.72. The summed E-state index contributed by atoms with van der Waals surface area (Å²) in [5, 5.41) is 9.10. The van der Waals surface area contributed by atoms with Crippen LogP contribution in [-0.4, -0.2) is 37.1 Å². The number of hydrogen-bond donors (Lipinski definition) is 1. The number of hydrogen-bond acceptors (Lipinski definition) is 5. The predicted molar refractivity (Wildman–Crippen MR) is 70.0 cm³/mol. The summed E-state index contributed by atoms with van der Waals surface area (Å²) in [7, 11) is 1.40. The molecular formula is C14H18O6.